The van der Waals surface area contributed by atoms with Crippen LogP contribution in [0, 0.1) is 10.1 Å². The van der Waals surface area contributed by atoms with Crippen molar-refractivity contribution in [3.05, 3.63) is 51.7 Å². The van der Waals surface area contributed by atoms with Crippen LogP contribution in [0.5, 0.6) is 0 Å². The van der Waals surface area contributed by atoms with E-state index < -0.39 is 16.8 Å². The predicted octanol–water partition coefficient (Wildman–Crippen LogP) is 3.45. The highest BCUT2D eigenvalue weighted by Crippen LogP contribution is 2.30. The van der Waals surface area contributed by atoms with Gasteiger partial charge in [0.05, 0.1) is 4.92 Å². The summed E-state index contributed by atoms with van der Waals surface area (Å²) < 4.78 is 38.7. The number of halogens is 3. The van der Waals surface area contributed by atoms with Crippen LogP contribution >= 0.6 is 0 Å². The quantitative estimate of drug-likeness (QED) is 0.617. The van der Waals surface area contributed by atoms with Crippen LogP contribution in [0.15, 0.2) is 30.3 Å². The minimum atomic E-state index is -4.62. The minimum absolute atomic E-state index is 0.0446. The lowest BCUT2D eigenvalue weighted by Gasteiger charge is -2.12. The van der Waals surface area contributed by atoms with Gasteiger partial charge in [-0.1, -0.05) is 18.2 Å². The molecule has 0 saturated heterocycles. The number of nitrogens with one attached hydrogen (secondary N) is 2. The van der Waals surface area contributed by atoms with Gasteiger partial charge in [-0.15, -0.1) is 0 Å². The predicted molar refractivity (Wildman–Crippen MR) is 81.6 cm³/mol. The second-order valence-electron chi connectivity index (χ2n) is 4.73. The molecule has 0 atom stereocenters. The maximum Gasteiger partial charge on any atom is 0.433 e. The van der Waals surface area contributed by atoms with E-state index in [0.29, 0.717) is 12.1 Å². The fraction of sp³-hybridized carbons (Fsp3) is 0.286. The Labute approximate surface area is 135 Å². The molecule has 0 bridgehead atoms. The first-order valence-corrected chi connectivity index (χ1v) is 6.97. The minimum Gasteiger partial charge on any atom is -0.366 e. The third kappa shape index (κ3) is 4.31. The van der Waals surface area contributed by atoms with Crippen molar-refractivity contribution in [3.8, 4) is 0 Å². The van der Waals surface area contributed by atoms with Gasteiger partial charge in [0.25, 0.3) is 5.69 Å². The Morgan fingerprint density at radius 1 is 1.21 bits per heavy atom. The van der Waals surface area contributed by atoms with Crippen LogP contribution < -0.4 is 10.6 Å². The van der Waals surface area contributed by atoms with Crippen molar-refractivity contribution in [2.45, 2.75) is 19.6 Å². The molecule has 7 nitrogen and oxygen atoms in total. The molecule has 0 aliphatic heterocycles. The molecule has 0 amide bonds. The summed E-state index contributed by atoms with van der Waals surface area (Å²) in [6, 6.07) is 6.71. The molecule has 1 heterocycles. The maximum atomic E-state index is 12.9. The summed E-state index contributed by atoms with van der Waals surface area (Å²) in [6.45, 7) is 2.01. The zero-order valence-corrected chi connectivity index (χ0v) is 12.6. The number of nitrogens with zero attached hydrogens (tertiary/aromatic N) is 3. The van der Waals surface area contributed by atoms with Gasteiger partial charge < -0.3 is 10.6 Å². The van der Waals surface area contributed by atoms with Gasteiger partial charge in [-0.3, -0.25) is 10.1 Å². The molecule has 1 aromatic carbocycles. The molecular formula is C14H14F3N5O2. The fourth-order valence-corrected chi connectivity index (χ4v) is 1.94. The van der Waals surface area contributed by atoms with Gasteiger partial charge in [0.1, 0.15) is 5.82 Å². The molecule has 10 heteroatoms. The van der Waals surface area contributed by atoms with E-state index in [2.05, 4.69) is 20.6 Å². The molecule has 1 aromatic heterocycles. The summed E-state index contributed by atoms with van der Waals surface area (Å²) in [4.78, 5) is 17.7. The molecule has 2 N–H and O–H groups in total. The highest BCUT2D eigenvalue weighted by Gasteiger charge is 2.33. The normalized spacial score (nSPS) is 11.2. The lowest BCUT2D eigenvalue weighted by molar-refractivity contribution is -0.385. The largest absolute Gasteiger partial charge is 0.433 e. The van der Waals surface area contributed by atoms with Crippen LogP contribution in [-0.4, -0.2) is 21.4 Å². The second kappa shape index (κ2) is 7.11. The number of benzene rings is 1. The Bertz CT molecular complexity index is 737. The van der Waals surface area contributed by atoms with Crippen molar-refractivity contribution in [1.82, 2.24) is 9.97 Å². The standard InChI is InChI=1S/C14H14F3N5O2/c1-2-18-13-20-11(14(15,16)17)7-12(21-13)19-8-9-5-3-4-6-10(9)22(23)24/h3-7H,2,8H2,1H3,(H2,18,19,20,21). The van der Waals surface area contributed by atoms with Crippen LogP contribution in [0.2, 0.25) is 0 Å². The number of anilines is 2. The molecule has 128 valence electrons. The molecule has 0 radical (unpaired) electrons. The summed E-state index contributed by atoms with van der Waals surface area (Å²) >= 11 is 0. The highest BCUT2D eigenvalue weighted by atomic mass is 19.4. The monoisotopic (exact) mass is 341 g/mol. The number of nitro groups is 1. The van der Waals surface area contributed by atoms with Gasteiger partial charge >= 0.3 is 6.18 Å². The van der Waals surface area contributed by atoms with E-state index in [1.165, 1.54) is 18.2 Å². The SMILES string of the molecule is CCNc1nc(NCc2ccccc2[N+](=O)[O-])cc(C(F)(F)F)n1. The molecule has 0 fully saturated rings. The van der Waals surface area contributed by atoms with Crippen molar-refractivity contribution < 1.29 is 18.1 Å². The first-order chi connectivity index (χ1) is 11.3. The van der Waals surface area contributed by atoms with Crippen LogP contribution in [0.4, 0.5) is 30.6 Å². The summed E-state index contributed by atoms with van der Waals surface area (Å²) in [5.41, 5.74) is -0.889. The summed E-state index contributed by atoms with van der Waals surface area (Å²) in [7, 11) is 0. The van der Waals surface area contributed by atoms with Crippen molar-refractivity contribution in [1.29, 1.82) is 0 Å². The Balaban J connectivity index is 2.26. The summed E-state index contributed by atoms with van der Waals surface area (Å²) in [5, 5.41) is 16.2. The van der Waals surface area contributed by atoms with E-state index >= 15 is 0 Å². The molecule has 24 heavy (non-hydrogen) atoms. The summed E-state index contributed by atoms with van der Waals surface area (Å²) in [5.74, 6) is -0.246. The van der Waals surface area contributed by atoms with E-state index in [1.807, 2.05) is 0 Å². The van der Waals surface area contributed by atoms with Gasteiger partial charge in [0, 0.05) is 30.8 Å². The molecule has 0 aliphatic carbocycles. The number of para-hydroxylation sites is 1. The highest BCUT2D eigenvalue weighted by molar-refractivity contribution is 5.46. The fourth-order valence-electron chi connectivity index (χ4n) is 1.94. The third-order valence-corrected chi connectivity index (χ3v) is 3.00. The van der Waals surface area contributed by atoms with Crippen LogP contribution in [0.1, 0.15) is 18.2 Å². The Morgan fingerprint density at radius 2 is 1.92 bits per heavy atom. The lowest BCUT2D eigenvalue weighted by Crippen LogP contribution is -2.14. The van der Waals surface area contributed by atoms with Crippen LogP contribution in [0.25, 0.3) is 0 Å². The van der Waals surface area contributed by atoms with E-state index in [4.69, 9.17) is 0 Å². The number of rotatable bonds is 6. The Hall–Kier alpha value is -2.91. The van der Waals surface area contributed by atoms with E-state index in [-0.39, 0.29) is 24.0 Å². The third-order valence-electron chi connectivity index (χ3n) is 3.00. The second-order valence-corrected chi connectivity index (χ2v) is 4.73. The smallest absolute Gasteiger partial charge is 0.366 e. The van der Waals surface area contributed by atoms with E-state index in [1.54, 1.807) is 13.0 Å². The van der Waals surface area contributed by atoms with E-state index in [0.717, 1.165) is 6.07 Å². The van der Waals surface area contributed by atoms with Crippen molar-refractivity contribution >= 4 is 17.5 Å². The van der Waals surface area contributed by atoms with Crippen molar-refractivity contribution in [3.63, 3.8) is 0 Å². The van der Waals surface area contributed by atoms with Crippen LogP contribution in [0.3, 0.4) is 0 Å². The molecule has 0 spiro atoms. The zero-order chi connectivity index (χ0) is 17.7. The first-order valence-electron chi connectivity index (χ1n) is 6.97. The number of hydrogen-bond donors (Lipinski definition) is 2. The zero-order valence-electron chi connectivity index (χ0n) is 12.6. The van der Waals surface area contributed by atoms with Gasteiger partial charge in [-0.05, 0) is 6.92 Å². The average molecular weight is 341 g/mol. The number of aromatic nitrogens is 2. The molecule has 0 aliphatic rings. The molecule has 2 aromatic rings. The summed E-state index contributed by atoms with van der Waals surface area (Å²) in [6.07, 6.45) is -4.62. The average Bonchev–Trinajstić information content (AvgIpc) is 2.52. The van der Waals surface area contributed by atoms with Crippen molar-refractivity contribution in [2.75, 3.05) is 17.2 Å². The lowest BCUT2D eigenvalue weighted by atomic mass is 10.2. The van der Waals surface area contributed by atoms with Gasteiger partial charge in [-0.25, -0.2) is 4.98 Å². The molecule has 0 unspecified atom stereocenters. The van der Waals surface area contributed by atoms with Crippen LogP contribution in [-0.2, 0) is 12.7 Å². The van der Waals surface area contributed by atoms with Gasteiger partial charge in [0.2, 0.25) is 5.95 Å². The van der Waals surface area contributed by atoms with Gasteiger partial charge in [0.15, 0.2) is 5.69 Å². The molecule has 2 rings (SSSR count). The molecule has 0 saturated carbocycles. The first kappa shape index (κ1) is 17.4. The molecular weight excluding hydrogens is 327 g/mol. The number of hydrogen-bond acceptors (Lipinski definition) is 6. The number of alkyl halides is 3. The Kier molecular flexibility index (Phi) is 5.17. The van der Waals surface area contributed by atoms with Crippen molar-refractivity contribution in [2.24, 2.45) is 0 Å². The number of nitro benzene ring substituents is 1. The topological polar surface area (TPSA) is 93.0 Å². The van der Waals surface area contributed by atoms with Gasteiger partial charge in [-0.2, -0.15) is 18.2 Å². The maximum absolute atomic E-state index is 12.9. The van der Waals surface area contributed by atoms with E-state index in [9.17, 15) is 23.3 Å². The Morgan fingerprint density at radius 3 is 2.54 bits per heavy atom.